The number of hydrogen-bond acceptors (Lipinski definition) is 6. The molecule has 0 amide bonds. The summed E-state index contributed by atoms with van der Waals surface area (Å²) in [6, 6.07) is 10.8. The fraction of sp³-hybridized carbons (Fsp3) is 0.348. The smallest absolute Gasteiger partial charge is 0.231 e. The van der Waals surface area contributed by atoms with E-state index in [2.05, 4.69) is 4.90 Å². The number of nitrogens with zero attached hydrogens (tertiary/aromatic N) is 1. The number of carbonyl (C=O) groups excluding carboxylic acids is 1. The molecule has 160 valence electrons. The molecule has 0 bridgehead atoms. The van der Waals surface area contributed by atoms with Gasteiger partial charge in [-0.1, -0.05) is 6.07 Å². The van der Waals surface area contributed by atoms with Crippen LogP contribution in [0.1, 0.15) is 28.8 Å². The largest absolute Gasteiger partial charge is 0.493 e. The SMILES string of the molecule is COc1ccc(/C=C2\Oc3cc(OCCN4CCCC4)ccc3C2=O)cc1OC.Cl. The molecule has 6 nitrogen and oxygen atoms in total. The van der Waals surface area contributed by atoms with Gasteiger partial charge in [-0.25, -0.2) is 0 Å². The molecule has 0 aromatic heterocycles. The fourth-order valence-electron chi connectivity index (χ4n) is 3.65. The lowest BCUT2D eigenvalue weighted by atomic mass is 10.1. The normalized spacial score (nSPS) is 16.7. The Bertz CT molecular complexity index is 937. The molecule has 7 heteroatoms. The van der Waals surface area contributed by atoms with E-state index in [9.17, 15) is 4.79 Å². The van der Waals surface area contributed by atoms with Gasteiger partial charge in [-0.2, -0.15) is 0 Å². The molecule has 0 saturated carbocycles. The van der Waals surface area contributed by atoms with Crippen LogP contribution < -0.4 is 18.9 Å². The molecule has 1 fully saturated rings. The fourth-order valence-corrected chi connectivity index (χ4v) is 3.65. The lowest BCUT2D eigenvalue weighted by Crippen LogP contribution is -2.25. The van der Waals surface area contributed by atoms with Crippen molar-refractivity contribution in [2.24, 2.45) is 0 Å². The van der Waals surface area contributed by atoms with Crippen LogP contribution in [0.15, 0.2) is 42.2 Å². The van der Waals surface area contributed by atoms with Crippen molar-refractivity contribution in [1.29, 1.82) is 0 Å². The lowest BCUT2D eigenvalue weighted by Gasteiger charge is -2.15. The van der Waals surface area contributed by atoms with E-state index in [-0.39, 0.29) is 23.9 Å². The summed E-state index contributed by atoms with van der Waals surface area (Å²) in [5, 5.41) is 0. The van der Waals surface area contributed by atoms with Crippen LogP contribution in [0.25, 0.3) is 6.08 Å². The van der Waals surface area contributed by atoms with Crippen molar-refractivity contribution in [1.82, 2.24) is 4.90 Å². The van der Waals surface area contributed by atoms with Crippen molar-refractivity contribution < 1.29 is 23.7 Å². The minimum atomic E-state index is -0.140. The minimum absolute atomic E-state index is 0. The third-order valence-electron chi connectivity index (χ3n) is 5.22. The van der Waals surface area contributed by atoms with Crippen molar-refractivity contribution in [3.8, 4) is 23.0 Å². The van der Waals surface area contributed by atoms with Gasteiger partial charge in [-0.15, -0.1) is 12.4 Å². The van der Waals surface area contributed by atoms with Gasteiger partial charge in [0, 0.05) is 12.6 Å². The van der Waals surface area contributed by atoms with E-state index >= 15 is 0 Å². The maximum absolute atomic E-state index is 12.7. The van der Waals surface area contributed by atoms with Gasteiger partial charge in [-0.05, 0) is 61.8 Å². The summed E-state index contributed by atoms with van der Waals surface area (Å²) in [7, 11) is 3.16. The Hall–Kier alpha value is -2.70. The summed E-state index contributed by atoms with van der Waals surface area (Å²) < 4.78 is 22.2. The number of halogens is 1. The zero-order chi connectivity index (χ0) is 20.2. The lowest BCUT2D eigenvalue weighted by molar-refractivity contribution is 0.101. The molecule has 1 saturated heterocycles. The van der Waals surface area contributed by atoms with Crippen LogP contribution in [0, 0.1) is 0 Å². The number of ether oxygens (including phenoxy) is 4. The Morgan fingerprint density at radius 2 is 1.80 bits per heavy atom. The molecule has 0 spiro atoms. The second-order valence-electron chi connectivity index (χ2n) is 7.11. The van der Waals surface area contributed by atoms with Gasteiger partial charge in [0.1, 0.15) is 18.1 Å². The van der Waals surface area contributed by atoms with E-state index in [1.54, 1.807) is 44.6 Å². The molecular weight excluding hydrogens is 406 g/mol. The summed E-state index contributed by atoms with van der Waals surface area (Å²) in [5.41, 5.74) is 1.34. The molecule has 4 rings (SSSR count). The highest BCUT2D eigenvalue weighted by Crippen LogP contribution is 2.36. The van der Waals surface area contributed by atoms with E-state index in [4.69, 9.17) is 18.9 Å². The predicted octanol–water partition coefficient (Wildman–Crippen LogP) is 4.22. The summed E-state index contributed by atoms with van der Waals surface area (Å²) >= 11 is 0. The third-order valence-corrected chi connectivity index (χ3v) is 5.22. The number of fused-ring (bicyclic) bond motifs is 1. The van der Waals surface area contributed by atoms with E-state index in [1.165, 1.54) is 12.8 Å². The van der Waals surface area contributed by atoms with Crippen LogP contribution >= 0.6 is 12.4 Å². The van der Waals surface area contributed by atoms with Crippen LogP contribution in [-0.4, -0.2) is 51.1 Å². The van der Waals surface area contributed by atoms with Crippen molar-refractivity contribution >= 4 is 24.3 Å². The van der Waals surface area contributed by atoms with Gasteiger partial charge in [0.25, 0.3) is 0 Å². The number of hydrogen-bond donors (Lipinski definition) is 0. The molecule has 30 heavy (non-hydrogen) atoms. The molecule has 0 atom stereocenters. The molecule has 0 aliphatic carbocycles. The number of rotatable bonds is 7. The van der Waals surface area contributed by atoms with Crippen molar-refractivity contribution in [2.75, 3.05) is 40.5 Å². The Morgan fingerprint density at radius 1 is 1.03 bits per heavy atom. The number of likely N-dealkylation sites (tertiary alicyclic amines) is 1. The van der Waals surface area contributed by atoms with Gasteiger partial charge in [0.2, 0.25) is 5.78 Å². The molecule has 0 unspecified atom stereocenters. The second-order valence-corrected chi connectivity index (χ2v) is 7.11. The third kappa shape index (κ3) is 4.71. The summed E-state index contributed by atoms with van der Waals surface area (Å²) in [6.45, 7) is 3.84. The molecule has 2 aliphatic rings. The van der Waals surface area contributed by atoms with Gasteiger partial charge >= 0.3 is 0 Å². The van der Waals surface area contributed by atoms with Gasteiger partial charge in [0.05, 0.1) is 19.8 Å². The average Bonchev–Trinajstić information content (AvgIpc) is 3.36. The number of methoxy groups -OCH3 is 2. The zero-order valence-corrected chi connectivity index (χ0v) is 18.0. The molecule has 2 heterocycles. The number of carbonyl (C=O) groups is 1. The second kappa shape index (κ2) is 9.87. The molecular formula is C23H26ClNO5. The van der Waals surface area contributed by atoms with Crippen LogP contribution in [0.3, 0.4) is 0 Å². The van der Waals surface area contributed by atoms with E-state index < -0.39 is 0 Å². The first-order chi connectivity index (χ1) is 14.2. The highest BCUT2D eigenvalue weighted by Gasteiger charge is 2.28. The van der Waals surface area contributed by atoms with E-state index in [0.29, 0.717) is 35.2 Å². The first-order valence-corrected chi connectivity index (χ1v) is 9.83. The average molecular weight is 432 g/mol. The maximum atomic E-state index is 12.7. The van der Waals surface area contributed by atoms with E-state index in [1.807, 2.05) is 12.1 Å². The Balaban J connectivity index is 0.00000256. The highest BCUT2D eigenvalue weighted by molar-refractivity contribution is 6.14. The number of allylic oxidation sites excluding steroid dienone is 1. The molecule has 2 aliphatic heterocycles. The molecule has 0 N–H and O–H groups in total. The van der Waals surface area contributed by atoms with Gasteiger partial charge in [0.15, 0.2) is 17.3 Å². The number of Topliss-reactive ketones (excluding diaryl/α,β-unsaturated/α-hetero) is 1. The Kier molecular flexibility index (Phi) is 7.24. The minimum Gasteiger partial charge on any atom is -0.493 e. The van der Waals surface area contributed by atoms with Crippen molar-refractivity contribution in [3.63, 3.8) is 0 Å². The number of ketones is 1. The van der Waals surface area contributed by atoms with Crippen LogP contribution in [-0.2, 0) is 0 Å². The van der Waals surface area contributed by atoms with Gasteiger partial charge < -0.3 is 18.9 Å². The highest BCUT2D eigenvalue weighted by atomic mass is 35.5. The quantitative estimate of drug-likeness (QED) is 0.612. The van der Waals surface area contributed by atoms with Crippen LogP contribution in [0.2, 0.25) is 0 Å². The first kappa shape index (κ1) is 22.0. The van der Waals surface area contributed by atoms with Crippen molar-refractivity contribution in [2.45, 2.75) is 12.8 Å². The zero-order valence-electron chi connectivity index (χ0n) is 17.2. The predicted molar refractivity (Wildman–Crippen MR) is 117 cm³/mol. The van der Waals surface area contributed by atoms with E-state index in [0.717, 1.165) is 25.2 Å². The van der Waals surface area contributed by atoms with Crippen molar-refractivity contribution in [3.05, 3.63) is 53.3 Å². The molecule has 2 aromatic carbocycles. The first-order valence-electron chi connectivity index (χ1n) is 9.83. The Labute approximate surface area is 182 Å². The summed E-state index contributed by atoms with van der Waals surface area (Å²) in [4.78, 5) is 15.1. The summed E-state index contributed by atoms with van der Waals surface area (Å²) in [6.07, 6.45) is 4.24. The monoisotopic (exact) mass is 431 g/mol. The topological polar surface area (TPSA) is 57.2 Å². The molecule has 0 radical (unpaired) electrons. The molecule has 2 aromatic rings. The maximum Gasteiger partial charge on any atom is 0.231 e. The van der Waals surface area contributed by atoms with Crippen LogP contribution in [0.4, 0.5) is 0 Å². The van der Waals surface area contributed by atoms with Gasteiger partial charge in [-0.3, -0.25) is 9.69 Å². The number of benzene rings is 2. The Morgan fingerprint density at radius 3 is 2.53 bits per heavy atom. The van der Waals surface area contributed by atoms with Crippen LogP contribution in [0.5, 0.6) is 23.0 Å². The standard InChI is InChI=1S/C23H25NO5.ClH/c1-26-19-8-5-16(13-21(19)27-2)14-22-23(25)18-7-6-17(15-20(18)29-22)28-12-11-24-9-3-4-10-24;/h5-8,13-15H,3-4,9-12H2,1-2H3;1H/b22-14-;. The summed E-state index contributed by atoms with van der Waals surface area (Å²) in [5.74, 6) is 2.61.